The topological polar surface area (TPSA) is 134 Å². The lowest BCUT2D eigenvalue weighted by molar-refractivity contribution is -0.153. The van der Waals surface area contributed by atoms with Gasteiger partial charge in [0.25, 0.3) is 0 Å². The second kappa shape index (κ2) is 8.34. The van der Waals surface area contributed by atoms with Crippen molar-refractivity contribution in [1.82, 2.24) is 5.32 Å². The summed E-state index contributed by atoms with van der Waals surface area (Å²) >= 11 is 0. The number of nitrogens with one attached hydrogen (secondary N) is 2. The summed E-state index contributed by atoms with van der Waals surface area (Å²) < 4.78 is 23.7. The number of carbonyl (C=O) groups is 2. The normalized spacial score (nSPS) is 12.4. The second-order valence-electron chi connectivity index (χ2n) is 5.87. The Labute approximate surface area is 143 Å². The van der Waals surface area contributed by atoms with Crippen LogP contribution in [0.25, 0.3) is 0 Å². The van der Waals surface area contributed by atoms with E-state index in [1.165, 1.54) is 24.3 Å². The van der Waals surface area contributed by atoms with E-state index < -0.39 is 22.2 Å². The van der Waals surface area contributed by atoms with Crippen LogP contribution in [0.2, 0.25) is 0 Å². The molecular weight excluding hydrogens is 334 g/mol. The van der Waals surface area contributed by atoms with Gasteiger partial charge in [0.1, 0.15) is 6.61 Å². The first-order valence-electron chi connectivity index (χ1n) is 7.44. The van der Waals surface area contributed by atoms with Gasteiger partial charge in [-0.05, 0) is 44.5 Å². The molecule has 2 amide bonds. The van der Waals surface area contributed by atoms with Crippen molar-refractivity contribution in [2.75, 3.05) is 18.5 Å². The Morgan fingerprint density at radius 2 is 1.83 bits per heavy atom. The van der Waals surface area contributed by atoms with E-state index >= 15 is 0 Å². The summed E-state index contributed by atoms with van der Waals surface area (Å²) in [5.74, 6) is -0.302. The third-order valence-electron chi connectivity index (χ3n) is 3.52. The maximum atomic E-state index is 11.7. The van der Waals surface area contributed by atoms with Gasteiger partial charge in [0.05, 0.1) is 16.9 Å². The monoisotopic (exact) mass is 359 g/mol. The van der Waals surface area contributed by atoms with Gasteiger partial charge in [-0.2, -0.15) is 0 Å². The van der Waals surface area contributed by atoms with Crippen molar-refractivity contribution in [1.29, 1.82) is 0 Å². The Bertz CT molecular complexity index is 569. The third-order valence-corrected chi connectivity index (χ3v) is 4.48. The number of rotatable bonds is 7. The Balaban J connectivity index is 2.36. The van der Waals surface area contributed by atoms with Crippen LogP contribution < -0.4 is 15.8 Å². The number of ether oxygens (including phenoxy) is 1. The van der Waals surface area contributed by atoms with E-state index in [4.69, 9.17) is 9.88 Å². The summed E-state index contributed by atoms with van der Waals surface area (Å²) in [4.78, 5) is 23.6. The Hall–Kier alpha value is -1.81. The molecule has 0 radical (unpaired) electrons. The van der Waals surface area contributed by atoms with Gasteiger partial charge < -0.3 is 15.4 Å². The van der Waals surface area contributed by atoms with Crippen molar-refractivity contribution < 1.29 is 23.4 Å². The van der Waals surface area contributed by atoms with Gasteiger partial charge in [-0.15, -0.1) is 10.8 Å². The molecule has 0 atom stereocenters. The van der Waals surface area contributed by atoms with Crippen molar-refractivity contribution in [2.45, 2.75) is 32.1 Å². The van der Waals surface area contributed by atoms with Gasteiger partial charge >= 0.3 is 12.0 Å². The van der Waals surface area contributed by atoms with Crippen molar-refractivity contribution in [2.24, 2.45) is 10.6 Å². The molecular formula is C15H25N3O5S. The van der Waals surface area contributed by atoms with E-state index in [9.17, 15) is 18.7 Å². The van der Waals surface area contributed by atoms with Gasteiger partial charge in [0, 0.05) is 5.69 Å². The molecule has 0 spiro atoms. The second-order valence-corrected chi connectivity index (χ2v) is 7.53. The Kier molecular flexibility index (Phi) is 7.03. The van der Waals surface area contributed by atoms with Crippen LogP contribution in [0.3, 0.4) is 0 Å². The fraction of sp³-hybridized carbons (Fsp3) is 0.467. The molecule has 8 nitrogen and oxygen atoms in total. The molecule has 0 aromatic heterocycles. The number of benzene rings is 1. The van der Waals surface area contributed by atoms with E-state index in [2.05, 4.69) is 10.6 Å². The average molecular weight is 359 g/mol. The fourth-order valence-corrected chi connectivity index (χ4v) is 2.10. The van der Waals surface area contributed by atoms with E-state index in [0.29, 0.717) is 12.1 Å². The summed E-state index contributed by atoms with van der Waals surface area (Å²) in [6.07, 6.45) is 0.670. The molecule has 24 heavy (non-hydrogen) atoms. The quantitative estimate of drug-likeness (QED) is 0.375. The highest BCUT2D eigenvalue weighted by Crippen LogP contribution is 2.39. The molecule has 136 valence electrons. The maximum Gasteiger partial charge on any atom is 0.319 e. The average Bonchev–Trinajstić information content (AvgIpc) is 2.50. The van der Waals surface area contributed by atoms with Crippen LogP contribution in [0.15, 0.2) is 29.2 Å². The maximum absolute atomic E-state index is 11.7. The van der Waals surface area contributed by atoms with E-state index in [0.717, 1.165) is 0 Å². The number of carbonyl (C=O) groups excluding carboxylic acids is 2. The summed E-state index contributed by atoms with van der Waals surface area (Å²) in [7, 11) is -3.26. The number of amides is 2. The standard InChI is InChI=1S/C15H25N3O5S/c1-4-15(2,3)13(19)23-10-9-17-14(20)18-11-5-7-12(8-6-11)24(16,21)22/h5-8,21-22H,4,9-10,16H2,1-3H3,(H2,17,18,20). The summed E-state index contributed by atoms with van der Waals surface area (Å²) in [6, 6.07) is 5.37. The number of anilines is 1. The van der Waals surface area contributed by atoms with Gasteiger partial charge in [0.15, 0.2) is 0 Å². The lowest BCUT2D eigenvalue weighted by Crippen LogP contribution is -2.34. The highest BCUT2D eigenvalue weighted by atomic mass is 32.3. The molecule has 0 aliphatic carbocycles. The Morgan fingerprint density at radius 3 is 2.33 bits per heavy atom. The number of urea groups is 1. The zero-order valence-electron chi connectivity index (χ0n) is 14.0. The minimum atomic E-state index is -3.26. The van der Waals surface area contributed by atoms with Crippen LogP contribution >= 0.6 is 10.8 Å². The number of nitrogens with two attached hydrogens (primary N) is 1. The van der Waals surface area contributed by atoms with Gasteiger partial charge in [-0.1, -0.05) is 6.92 Å². The molecule has 0 aliphatic heterocycles. The fourth-order valence-electron chi connectivity index (χ4n) is 1.56. The molecule has 9 heteroatoms. The number of hydrogen-bond donors (Lipinski definition) is 5. The van der Waals surface area contributed by atoms with Crippen LogP contribution in [0.4, 0.5) is 10.5 Å². The van der Waals surface area contributed by atoms with E-state index in [1.807, 2.05) is 6.92 Å². The molecule has 0 saturated carbocycles. The number of esters is 1. The van der Waals surface area contributed by atoms with Crippen LogP contribution in [0, 0.1) is 5.41 Å². The number of hydrogen-bond acceptors (Lipinski definition) is 6. The highest BCUT2D eigenvalue weighted by molar-refractivity contribution is 8.22. The minimum Gasteiger partial charge on any atom is -0.463 e. The molecule has 0 heterocycles. The zero-order chi connectivity index (χ0) is 18.4. The third kappa shape index (κ3) is 6.36. The summed E-state index contributed by atoms with van der Waals surface area (Å²) in [5.41, 5.74) is -0.0760. The van der Waals surface area contributed by atoms with Crippen LogP contribution in [0.5, 0.6) is 0 Å². The van der Waals surface area contributed by atoms with E-state index in [-0.39, 0.29) is 24.0 Å². The molecule has 0 aliphatic rings. The van der Waals surface area contributed by atoms with Crippen molar-refractivity contribution in [3.63, 3.8) is 0 Å². The molecule has 0 saturated heterocycles. The predicted octanol–water partition coefficient (Wildman–Crippen LogP) is 2.77. The molecule has 1 aromatic rings. The lowest BCUT2D eigenvalue weighted by atomic mass is 9.91. The van der Waals surface area contributed by atoms with Crippen molar-refractivity contribution in [3.8, 4) is 0 Å². The first-order chi connectivity index (χ1) is 11.1. The van der Waals surface area contributed by atoms with Crippen LogP contribution in [-0.2, 0) is 9.53 Å². The smallest absolute Gasteiger partial charge is 0.319 e. The zero-order valence-corrected chi connectivity index (χ0v) is 14.9. The van der Waals surface area contributed by atoms with Gasteiger partial charge in [0.2, 0.25) is 0 Å². The highest BCUT2D eigenvalue weighted by Gasteiger charge is 2.26. The van der Waals surface area contributed by atoms with Crippen molar-refractivity contribution >= 4 is 28.5 Å². The van der Waals surface area contributed by atoms with Crippen LogP contribution in [-0.4, -0.2) is 34.3 Å². The SMILES string of the molecule is CCC(C)(C)C(=O)OCCNC(=O)Nc1ccc(S(N)(O)O)cc1. The first kappa shape index (κ1) is 20.2. The summed E-state index contributed by atoms with van der Waals surface area (Å²) in [6.45, 7) is 5.77. The van der Waals surface area contributed by atoms with Crippen LogP contribution in [0.1, 0.15) is 27.2 Å². The first-order valence-corrected chi connectivity index (χ1v) is 9.05. The van der Waals surface area contributed by atoms with Gasteiger partial charge in [-0.25, -0.2) is 9.93 Å². The minimum absolute atomic E-state index is 0.0860. The molecule has 0 fully saturated rings. The predicted molar refractivity (Wildman–Crippen MR) is 93.8 cm³/mol. The van der Waals surface area contributed by atoms with Crippen molar-refractivity contribution in [3.05, 3.63) is 24.3 Å². The molecule has 1 rings (SSSR count). The molecule has 6 N–H and O–H groups in total. The van der Waals surface area contributed by atoms with E-state index in [1.54, 1.807) is 13.8 Å². The Morgan fingerprint density at radius 1 is 1.25 bits per heavy atom. The molecule has 0 unspecified atom stereocenters. The lowest BCUT2D eigenvalue weighted by Gasteiger charge is -2.26. The molecule has 1 aromatic carbocycles. The largest absolute Gasteiger partial charge is 0.463 e. The van der Waals surface area contributed by atoms with Gasteiger partial charge in [-0.3, -0.25) is 13.9 Å². The molecule has 0 bridgehead atoms. The summed E-state index contributed by atoms with van der Waals surface area (Å²) in [5, 5.41) is 10.3.